The Kier molecular flexibility index (Phi) is 1.93. The van der Waals surface area contributed by atoms with Crippen molar-refractivity contribution >= 4 is 6.08 Å². The number of nitriles is 1. The summed E-state index contributed by atoms with van der Waals surface area (Å²) < 4.78 is 30.9. The van der Waals surface area contributed by atoms with Crippen molar-refractivity contribution in [3.05, 3.63) is 34.9 Å². The topological polar surface area (TPSA) is 33.0 Å². The van der Waals surface area contributed by atoms with Gasteiger partial charge in [0.15, 0.2) is 0 Å². The van der Waals surface area contributed by atoms with Crippen LogP contribution in [0.25, 0.3) is 6.08 Å². The van der Waals surface area contributed by atoms with Gasteiger partial charge in [-0.05, 0) is 6.08 Å². The maximum absolute atomic E-state index is 13.2. The zero-order valence-electron chi connectivity index (χ0n) is 7.05. The number of halogens is 2. The van der Waals surface area contributed by atoms with E-state index in [1.807, 2.05) is 6.07 Å². The fourth-order valence-electron chi connectivity index (χ4n) is 1.26. The first-order chi connectivity index (χ1) is 6.70. The summed E-state index contributed by atoms with van der Waals surface area (Å²) in [4.78, 5) is 0. The van der Waals surface area contributed by atoms with E-state index in [4.69, 9.17) is 10.00 Å². The Morgan fingerprint density at radius 1 is 1.36 bits per heavy atom. The van der Waals surface area contributed by atoms with Gasteiger partial charge in [0.05, 0.1) is 17.2 Å². The number of hydrogen-bond acceptors (Lipinski definition) is 2. The lowest BCUT2D eigenvalue weighted by Crippen LogP contribution is -2.07. The fraction of sp³-hybridized carbons (Fsp3) is 0.100. The number of fused-ring (bicyclic) bond motifs is 1. The Bertz CT molecular complexity index is 460. The molecular weight excluding hydrogens is 188 g/mol. The number of ether oxygens (including phenoxy) is 1. The summed E-state index contributed by atoms with van der Waals surface area (Å²) in [5.41, 5.74) is 0.456. The van der Waals surface area contributed by atoms with Gasteiger partial charge in [0.25, 0.3) is 0 Å². The Hall–Kier alpha value is -1.89. The standard InChI is InChI=1S/C10H5F2NO/c11-7-2-9(12)8-1-6(4-13)5-14-10(8)3-7/h1-3H,5H2. The van der Waals surface area contributed by atoms with E-state index in [2.05, 4.69) is 0 Å². The van der Waals surface area contributed by atoms with E-state index in [9.17, 15) is 8.78 Å². The van der Waals surface area contributed by atoms with Crippen molar-refractivity contribution in [1.82, 2.24) is 0 Å². The molecule has 0 aromatic heterocycles. The average molecular weight is 193 g/mol. The van der Waals surface area contributed by atoms with Crippen LogP contribution in [-0.4, -0.2) is 6.61 Å². The Labute approximate surface area is 79.0 Å². The second-order valence-electron chi connectivity index (χ2n) is 2.87. The van der Waals surface area contributed by atoms with Crippen LogP contribution >= 0.6 is 0 Å². The SMILES string of the molecule is N#CC1=Cc2c(F)cc(F)cc2OC1. The molecule has 0 saturated heterocycles. The Balaban J connectivity index is 2.59. The smallest absolute Gasteiger partial charge is 0.137 e. The van der Waals surface area contributed by atoms with Crippen LogP contribution in [0.15, 0.2) is 17.7 Å². The summed E-state index contributed by atoms with van der Waals surface area (Å²) in [6.07, 6.45) is 1.37. The van der Waals surface area contributed by atoms with Crippen molar-refractivity contribution in [2.75, 3.05) is 6.61 Å². The molecule has 2 nitrogen and oxygen atoms in total. The van der Waals surface area contributed by atoms with Crippen LogP contribution in [0.5, 0.6) is 5.75 Å². The number of nitrogens with zero attached hydrogens (tertiary/aromatic N) is 1. The highest BCUT2D eigenvalue weighted by atomic mass is 19.1. The molecule has 1 heterocycles. The number of benzene rings is 1. The highest BCUT2D eigenvalue weighted by Crippen LogP contribution is 2.29. The van der Waals surface area contributed by atoms with Gasteiger partial charge in [-0.2, -0.15) is 5.26 Å². The third kappa shape index (κ3) is 1.33. The van der Waals surface area contributed by atoms with E-state index in [0.29, 0.717) is 5.57 Å². The molecule has 0 unspecified atom stereocenters. The van der Waals surface area contributed by atoms with Gasteiger partial charge in [-0.15, -0.1) is 0 Å². The van der Waals surface area contributed by atoms with Crippen LogP contribution in [0, 0.1) is 23.0 Å². The van der Waals surface area contributed by atoms with E-state index in [-0.39, 0.29) is 17.9 Å². The van der Waals surface area contributed by atoms with Crippen molar-refractivity contribution < 1.29 is 13.5 Å². The van der Waals surface area contributed by atoms with Crippen LogP contribution in [0.3, 0.4) is 0 Å². The summed E-state index contributed by atoms with van der Waals surface area (Å²) in [6.45, 7) is 0.0619. The minimum atomic E-state index is -0.715. The van der Waals surface area contributed by atoms with Crippen molar-refractivity contribution in [3.8, 4) is 11.8 Å². The molecule has 4 heteroatoms. The van der Waals surface area contributed by atoms with Gasteiger partial charge in [-0.3, -0.25) is 0 Å². The van der Waals surface area contributed by atoms with Gasteiger partial charge in [0.2, 0.25) is 0 Å². The molecule has 0 amide bonds. The molecule has 0 N–H and O–H groups in total. The van der Waals surface area contributed by atoms with Crippen LogP contribution < -0.4 is 4.74 Å². The van der Waals surface area contributed by atoms with Gasteiger partial charge >= 0.3 is 0 Å². The normalized spacial score (nSPS) is 13.6. The third-order valence-corrected chi connectivity index (χ3v) is 1.90. The second-order valence-corrected chi connectivity index (χ2v) is 2.87. The summed E-state index contributed by atoms with van der Waals surface area (Å²) in [5.74, 6) is -1.26. The van der Waals surface area contributed by atoms with E-state index < -0.39 is 11.6 Å². The summed E-state index contributed by atoms with van der Waals surface area (Å²) in [6, 6.07) is 3.73. The van der Waals surface area contributed by atoms with Crippen LogP contribution in [0.1, 0.15) is 5.56 Å². The lowest BCUT2D eigenvalue weighted by Gasteiger charge is -2.14. The van der Waals surface area contributed by atoms with Crippen LogP contribution in [0.4, 0.5) is 8.78 Å². The monoisotopic (exact) mass is 193 g/mol. The van der Waals surface area contributed by atoms with Crippen molar-refractivity contribution in [1.29, 1.82) is 5.26 Å². The van der Waals surface area contributed by atoms with Gasteiger partial charge < -0.3 is 4.74 Å². The molecule has 0 spiro atoms. The van der Waals surface area contributed by atoms with Crippen molar-refractivity contribution in [2.24, 2.45) is 0 Å². The molecule has 0 bridgehead atoms. The predicted molar refractivity (Wildman–Crippen MR) is 45.4 cm³/mol. The molecule has 1 aromatic rings. The molecule has 0 fully saturated rings. The molecule has 14 heavy (non-hydrogen) atoms. The highest BCUT2D eigenvalue weighted by molar-refractivity contribution is 5.65. The Morgan fingerprint density at radius 2 is 2.14 bits per heavy atom. The molecule has 1 aliphatic rings. The van der Waals surface area contributed by atoms with Crippen LogP contribution in [0.2, 0.25) is 0 Å². The zero-order valence-corrected chi connectivity index (χ0v) is 7.05. The fourth-order valence-corrected chi connectivity index (χ4v) is 1.26. The first-order valence-electron chi connectivity index (χ1n) is 3.93. The quantitative estimate of drug-likeness (QED) is 0.633. The first-order valence-corrected chi connectivity index (χ1v) is 3.93. The lowest BCUT2D eigenvalue weighted by atomic mass is 10.1. The number of rotatable bonds is 0. The number of hydrogen-bond donors (Lipinski definition) is 0. The Morgan fingerprint density at radius 3 is 2.86 bits per heavy atom. The molecule has 70 valence electrons. The first kappa shape index (κ1) is 8.70. The van der Waals surface area contributed by atoms with Gasteiger partial charge in [0, 0.05) is 12.1 Å². The summed E-state index contributed by atoms with van der Waals surface area (Å²) >= 11 is 0. The predicted octanol–water partition coefficient (Wildman–Crippen LogP) is 2.26. The van der Waals surface area contributed by atoms with Crippen molar-refractivity contribution in [3.63, 3.8) is 0 Å². The summed E-state index contributed by atoms with van der Waals surface area (Å²) in [5, 5.41) is 8.57. The molecule has 0 radical (unpaired) electrons. The van der Waals surface area contributed by atoms with E-state index >= 15 is 0 Å². The largest absolute Gasteiger partial charge is 0.487 e. The molecule has 1 aromatic carbocycles. The van der Waals surface area contributed by atoms with Gasteiger partial charge in [-0.25, -0.2) is 8.78 Å². The maximum Gasteiger partial charge on any atom is 0.137 e. The van der Waals surface area contributed by atoms with Crippen molar-refractivity contribution in [2.45, 2.75) is 0 Å². The molecule has 0 aliphatic carbocycles. The molecule has 0 saturated carbocycles. The van der Waals surface area contributed by atoms with E-state index in [1.165, 1.54) is 6.08 Å². The molecular formula is C10H5F2NO. The van der Waals surface area contributed by atoms with Gasteiger partial charge in [0.1, 0.15) is 24.0 Å². The minimum absolute atomic E-state index is 0.0619. The highest BCUT2D eigenvalue weighted by Gasteiger charge is 2.16. The van der Waals surface area contributed by atoms with Crippen LogP contribution in [-0.2, 0) is 0 Å². The third-order valence-electron chi connectivity index (χ3n) is 1.90. The summed E-state index contributed by atoms with van der Waals surface area (Å²) in [7, 11) is 0. The zero-order chi connectivity index (χ0) is 10.1. The lowest BCUT2D eigenvalue weighted by molar-refractivity contribution is 0.346. The average Bonchev–Trinajstić information content (AvgIpc) is 2.17. The molecule has 2 rings (SSSR count). The second kappa shape index (κ2) is 3.11. The molecule has 1 aliphatic heterocycles. The molecule has 0 atom stereocenters. The maximum atomic E-state index is 13.2. The van der Waals surface area contributed by atoms with Gasteiger partial charge in [-0.1, -0.05) is 0 Å². The van der Waals surface area contributed by atoms with E-state index in [1.54, 1.807) is 0 Å². The minimum Gasteiger partial charge on any atom is -0.487 e. The van der Waals surface area contributed by atoms with E-state index in [0.717, 1.165) is 12.1 Å².